The smallest absolute Gasteiger partial charge is 0.337 e. The molecule has 2 unspecified atom stereocenters. The first kappa shape index (κ1) is 11.9. The molecule has 0 spiro atoms. The van der Waals surface area contributed by atoms with Crippen molar-refractivity contribution in [3.8, 4) is 0 Å². The van der Waals surface area contributed by atoms with Crippen LogP contribution in [0.2, 0.25) is 0 Å². The van der Waals surface area contributed by atoms with E-state index in [-0.39, 0.29) is 12.5 Å². The van der Waals surface area contributed by atoms with Crippen LogP contribution >= 0.6 is 0 Å². The summed E-state index contributed by atoms with van der Waals surface area (Å²) in [7, 11) is 0. The number of hydrogen-bond acceptors (Lipinski definition) is 3. The molecule has 1 aliphatic rings. The maximum absolute atomic E-state index is 11.1. The molecule has 0 amide bonds. The van der Waals surface area contributed by atoms with Gasteiger partial charge < -0.3 is 15.1 Å². The molecule has 1 fully saturated rings. The first-order chi connectivity index (χ1) is 8.13. The van der Waals surface area contributed by atoms with Crippen LogP contribution in [0.15, 0.2) is 24.3 Å². The molecule has 2 atom stereocenters. The molecule has 0 saturated carbocycles. The Bertz CT molecular complexity index is 419. The number of benzene rings is 1. The molecule has 0 radical (unpaired) electrons. The van der Waals surface area contributed by atoms with E-state index >= 15 is 0 Å². The molecule has 1 saturated heterocycles. The summed E-state index contributed by atoms with van der Waals surface area (Å²) in [5.74, 6) is -0.278. The lowest BCUT2D eigenvalue weighted by Crippen LogP contribution is -2.22. The molecule has 92 valence electrons. The van der Waals surface area contributed by atoms with Gasteiger partial charge >= 0.3 is 5.97 Å². The van der Waals surface area contributed by atoms with Crippen LogP contribution in [-0.2, 0) is 0 Å². The molecule has 17 heavy (non-hydrogen) atoms. The highest BCUT2D eigenvalue weighted by Gasteiger charge is 2.30. The van der Waals surface area contributed by atoms with E-state index in [1.807, 2.05) is 12.1 Å². The van der Waals surface area contributed by atoms with Gasteiger partial charge in [-0.3, -0.25) is 0 Å². The summed E-state index contributed by atoms with van der Waals surface area (Å²) in [5, 5.41) is 18.4. The number of nitrogens with zero attached hydrogens (tertiary/aromatic N) is 1. The van der Waals surface area contributed by atoms with Gasteiger partial charge in [-0.05, 0) is 18.1 Å². The number of carboxylic acids is 1. The fourth-order valence-corrected chi connectivity index (χ4v) is 2.40. The average molecular weight is 235 g/mol. The zero-order chi connectivity index (χ0) is 12.4. The van der Waals surface area contributed by atoms with Gasteiger partial charge in [0.1, 0.15) is 0 Å². The monoisotopic (exact) mass is 235 g/mol. The number of aliphatic hydroxyl groups is 1. The van der Waals surface area contributed by atoms with Crippen molar-refractivity contribution in [3.63, 3.8) is 0 Å². The van der Waals surface area contributed by atoms with E-state index in [9.17, 15) is 9.90 Å². The van der Waals surface area contributed by atoms with Crippen molar-refractivity contribution in [1.29, 1.82) is 0 Å². The second kappa shape index (κ2) is 4.75. The normalized spacial score (nSPS) is 24.0. The van der Waals surface area contributed by atoms with Gasteiger partial charge in [0.15, 0.2) is 0 Å². The maximum Gasteiger partial charge on any atom is 0.337 e. The van der Waals surface area contributed by atoms with Gasteiger partial charge in [0.2, 0.25) is 0 Å². The van der Waals surface area contributed by atoms with Gasteiger partial charge in [-0.15, -0.1) is 0 Å². The van der Waals surface area contributed by atoms with Crippen molar-refractivity contribution < 1.29 is 15.0 Å². The summed E-state index contributed by atoms with van der Waals surface area (Å²) in [6, 6.07) is 7.03. The Morgan fingerprint density at radius 1 is 1.41 bits per heavy atom. The summed E-state index contributed by atoms with van der Waals surface area (Å²) in [6.45, 7) is 3.77. The fraction of sp³-hybridized carbons (Fsp3) is 0.462. The Morgan fingerprint density at radius 2 is 2.12 bits per heavy atom. The molecule has 0 aliphatic carbocycles. The molecule has 0 aromatic heterocycles. The van der Waals surface area contributed by atoms with Crippen molar-refractivity contribution in [2.24, 2.45) is 11.8 Å². The highest BCUT2D eigenvalue weighted by molar-refractivity contribution is 5.94. The van der Waals surface area contributed by atoms with E-state index in [0.29, 0.717) is 11.5 Å². The van der Waals surface area contributed by atoms with Crippen LogP contribution in [0.25, 0.3) is 0 Å². The van der Waals surface area contributed by atoms with E-state index in [4.69, 9.17) is 5.11 Å². The molecule has 4 heteroatoms. The van der Waals surface area contributed by atoms with Crippen molar-refractivity contribution in [3.05, 3.63) is 29.8 Å². The predicted molar refractivity (Wildman–Crippen MR) is 65.4 cm³/mol. The molecule has 4 nitrogen and oxygen atoms in total. The Balaban J connectivity index is 2.27. The van der Waals surface area contributed by atoms with Gasteiger partial charge in [-0.2, -0.15) is 0 Å². The van der Waals surface area contributed by atoms with E-state index in [0.717, 1.165) is 18.8 Å². The van der Waals surface area contributed by atoms with Gasteiger partial charge in [-0.25, -0.2) is 4.79 Å². The van der Waals surface area contributed by atoms with Crippen LogP contribution in [-0.4, -0.2) is 35.9 Å². The first-order valence-electron chi connectivity index (χ1n) is 5.81. The summed E-state index contributed by atoms with van der Waals surface area (Å²) >= 11 is 0. The molecule has 1 aliphatic heterocycles. The minimum atomic E-state index is -0.902. The summed E-state index contributed by atoms with van der Waals surface area (Å²) < 4.78 is 0. The molecule has 1 heterocycles. The highest BCUT2D eigenvalue weighted by atomic mass is 16.4. The maximum atomic E-state index is 11.1. The minimum absolute atomic E-state index is 0.160. The zero-order valence-corrected chi connectivity index (χ0v) is 9.84. The molecule has 1 aromatic rings. The predicted octanol–water partition coefficient (Wildman–Crippen LogP) is 1.45. The molecule has 2 N–H and O–H groups in total. The van der Waals surface area contributed by atoms with Crippen LogP contribution < -0.4 is 4.90 Å². The van der Waals surface area contributed by atoms with Crippen LogP contribution in [0.1, 0.15) is 17.3 Å². The third-order valence-corrected chi connectivity index (χ3v) is 3.48. The SMILES string of the molecule is CC1CN(c2ccccc2C(=O)O)CC1CO. The Hall–Kier alpha value is -1.55. The molecular weight excluding hydrogens is 218 g/mol. The van der Waals surface area contributed by atoms with Gasteiger partial charge in [0, 0.05) is 25.6 Å². The van der Waals surface area contributed by atoms with Crippen molar-refractivity contribution >= 4 is 11.7 Å². The number of anilines is 1. The van der Waals surface area contributed by atoms with Gasteiger partial charge in [0.05, 0.1) is 11.3 Å². The van der Waals surface area contributed by atoms with E-state index in [1.54, 1.807) is 12.1 Å². The average Bonchev–Trinajstić information content (AvgIpc) is 2.70. The van der Waals surface area contributed by atoms with Crippen LogP contribution in [0.4, 0.5) is 5.69 Å². The third kappa shape index (κ3) is 2.26. The number of rotatable bonds is 3. The van der Waals surface area contributed by atoms with Gasteiger partial charge in [0.25, 0.3) is 0 Å². The number of carboxylic acid groups (broad SMARTS) is 1. The molecule has 1 aromatic carbocycles. The van der Waals surface area contributed by atoms with Gasteiger partial charge in [-0.1, -0.05) is 19.1 Å². The van der Waals surface area contributed by atoms with Crippen LogP contribution in [0.3, 0.4) is 0 Å². The van der Waals surface area contributed by atoms with Crippen molar-refractivity contribution in [2.45, 2.75) is 6.92 Å². The van der Waals surface area contributed by atoms with Crippen molar-refractivity contribution in [1.82, 2.24) is 0 Å². The van der Waals surface area contributed by atoms with E-state index in [1.165, 1.54) is 0 Å². The molecule has 0 bridgehead atoms. The van der Waals surface area contributed by atoms with Crippen LogP contribution in [0, 0.1) is 11.8 Å². The molecule has 2 rings (SSSR count). The third-order valence-electron chi connectivity index (χ3n) is 3.48. The summed E-state index contributed by atoms with van der Waals surface area (Å²) in [6.07, 6.45) is 0. The van der Waals surface area contributed by atoms with E-state index < -0.39 is 5.97 Å². The minimum Gasteiger partial charge on any atom is -0.478 e. The second-order valence-corrected chi connectivity index (χ2v) is 4.65. The lowest BCUT2D eigenvalue weighted by Gasteiger charge is -2.20. The second-order valence-electron chi connectivity index (χ2n) is 4.65. The number of para-hydroxylation sites is 1. The lowest BCUT2D eigenvalue weighted by atomic mass is 10.00. The first-order valence-corrected chi connectivity index (χ1v) is 5.81. The quantitative estimate of drug-likeness (QED) is 0.832. The molecular formula is C13H17NO3. The summed E-state index contributed by atoms with van der Waals surface area (Å²) in [4.78, 5) is 13.2. The topological polar surface area (TPSA) is 60.8 Å². The Kier molecular flexibility index (Phi) is 3.33. The highest BCUT2D eigenvalue weighted by Crippen LogP contribution is 2.30. The van der Waals surface area contributed by atoms with E-state index in [2.05, 4.69) is 11.8 Å². The Morgan fingerprint density at radius 3 is 2.71 bits per heavy atom. The van der Waals surface area contributed by atoms with Crippen LogP contribution in [0.5, 0.6) is 0 Å². The summed E-state index contributed by atoms with van der Waals surface area (Å²) in [5.41, 5.74) is 1.08. The lowest BCUT2D eigenvalue weighted by molar-refractivity contribution is 0.0697. The number of aliphatic hydroxyl groups excluding tert-OH is 1. The largest absolute Gasteiger partial charge is 0.478 e. The Labute approximate surface area is 100 Å². The fourth-order valence-electron chi connectivity index (χ4n) is 2.40. The van der Waals surface area contributed by atoms with Crippen molar-refractivity contribution in [2.75, 3.05) is 24.6 Å². The standard InChI is InChI=1S/C13H17NO3/c1-9-6-14(7-10(9)8-15)12-5-3-2-4-11(12)13(16)17/h2-5,9-10,15H,6-8H2,1H3,(H,16,17). The number of hydrogen-bond donors (Lipinski definition) is 2. The number of aromatic carboxylic acids is 1. The number of carbonyl (C=O) groups is 1. The zero-order valence-electron chi connectivity index (χ0n) is 9.84.